The summed E-state index contributed by atoms with van der Waals surface area (Å²) in [4.78, 5) is 51.8. The van der Waals surface area contributed by atoms with Crippen LogP contribution in [0.2, 0.25) is 0 Å². The van der Waals surface area contributed by atoms with E-state index in [4.69, 9.17) is 14.2 Å². The Bertz CT molecular complexity index is 1070. The van der Waals surface area contributed by atoms with Crippen molar-refractivity contribution < 1.29 is 33.4 Å². The highest BCUT2D eigenvalue weighted by Gasteiger charge is 2.47. The second-order valence-corrected chi connectivity index (χ2v) is 6.79. The highest BCUT2D eigenvalue weighted by Crippen LogP contribution is 2.32. The number of nitrogens with one attached hydrogen (secondary N) is 1. The van der Waals surface area contributed by atoms with Gasteiger partial charge in [0.2, 0.25) is 5.91 Å². The Labute approximate surface area is 191 Å². The fourth-order valence-corrected chi connectivity index (χ4v) is 3.25. The predicted octanol–water partition coefficient (Wildman–Crippen LogP) is 2.82. The highest BCUT2D eigenvalue weighted by molar-refractivity contribution is 6.53. The smallest absolute Gasteiger partial charge is 0.339 e. The third kappa shape index (κ3) is 5.05. The summed E-state index contributed by atoms with van der Waals surface area (Å²) in [5, 5.41) is 2.60. The van der Waals surface area contributed by atoms with Gasteiger partial charge >= 0.3 is 17.8 Å². The van der Waals surface area contributed by atoms with E-state index in [0.717, 1.165) is 0 Å². The number of urea groups is 1. The maximum atomic E-state index is 12.9. The van der Waals surface area contributed by atoms with E-state index >= 15 is 0 Å². The Morgan fingerprint density at radius 2 is 1.45 bits per heavy atom. The molecule has 1 saturated heterocycles. The van der Waals surface area contributed by atoms with Crippen LogP contribution in [0, 0.1) is 0 Å². The van der Waals surface area contributed by atoms with Crippen LogP contribution in [0.15, 0.2) is 42.5 Å². The van der Waals surface area contributed by atoms with E-state index in [-0.39, 0.29) is 11.4 Å². The normalized spacial score (nSPS) is 13.4. The van der Waals surface area contributed by atoms with Crippen LogP contribution in [-0.2, 0) is 14.4 Å². The Kier molecular flexibility index (Phi) is 7.50. The van der Waals surface area contributed by atoms with Crippen molar-refractivity contribution in [3.63, 3.8) is 0 Å². The molecule has 10 nitrogen and oxygen atoms in total. The predicted molar refractivity (Wildman–Crippen MR) is 120 cm³/mol. The van der Waals surface area contributed by atoms with E-state index < -0.39 is 30.3 Å². The van der Waals surface area contributed by atoms with Gasteiger partial charge in [0.25, 0.3) is 0 Å². The van der Waals surface area contributed by atoms with Crippen molar-refractivity contribution in [1.82, 2.24) is 4.90 Å². The summed E-state index contributed by atoms with van der Waals surface area (Å²) in [6, 6.07) is 10.3. The van der Waals surface area contributed by atoms with Crippen molar-refractivity contribution in [1.29, 1.82) is 0 Å². The lowest BCUT2D eigenvalue weighted by atomic mass is 10.2. The number of hydrogen-bond acceptors (Lipinski definition) is 7. The monoisotopic (exact) mass is 455 g/mol. The zero-order valence-electron chi connectivity index (χ0n) is 18.6. The summed E-state index contributed by atoms with van der Waals surface area (Å²) >= 11 is 0. The van der Waals surface area contributed by atoms with Gasteiger partial charge in [0.05, 0.1) is 25.5 Å². The van der Waals surface area contributed by atoms with Crippen LogP contribution >= 0.6 is 0 Å². The van der Waals surface area contributed by atoms with Crippen molar-refractivity contribution >= 4 is 35.1 Å². The number of para-hydroxylation sites is 2. The minimum absolute atomic E-state index is 0.137. The van der Waals surface area contributed by atoms with E-state index in [0.29, 0.717) is 46.8 Å². The van der Waals surface area contributed by atoms with Gasteiger partial charge in [-0.1, -0.05) is 12.1 Å². The van der Waals surface area contributed by atoms with Crippen LogP contribution in [0.25, 0.3) is 0 Å². The lowest BCUT2D eigenvalue weighted by molar-refractivity contribution is -0.140. The molecule has 1 aliphatic rings. The first-order chi connectivity index (χ1) is 15.9. The Morgan fingerprint density at radius 3 is 2.15 bits per heavy atom. The molecule has 0 saturated carbocycles. The molecule has 33 heavy (non-hydrogen) atoms. The number of amides is 5. The van der Waals surface area contributed by atoms with Crippen molar-refractivity contribution in [2.24, 2.45) is 0 Å². The van der Waals surface area contributed by atoms with Crippen molar-refractivity contribution in [3.05, 3.63) is 42.5 Å². The lowest BCUT2D eigenvalue weighted by Gasteiger charge is -2.18. The highest BCUT2D eigenvalue weighted by atomic mass is 16.5. The molecule has 1 fully saturated rings. The second kappa shape index (κ2) is 10.5. The van der Waals surface area contributed by atoms with Gasteiger partial charge in [0.1, 0.15) is 12.3 Å². The minimum Gasteiger partial charge on any atom is -0.492 e. The fraction of sp³-hybridized carbons (Fsp3) is 0.304. The maximum absolute atomic E-state index is 12.9. The molecule has 174 valence electrons. The summed E-state index contributed by atoms with van der Waals surface area (Å²) in [7, 11) is 0. The van der Waals surface area contributed by atoms with Crippen molar-refractivity contribution in [2.45, 2.75) is 20.8 Å². The number of anilines is 2. The summed E-state index contributed by atoms with van der Waals surface area (Å²) in [6.45, 7) is 5.93. The molecule has 0 aromatic heterocycles. The van der Waals surface area contributed by atoms with Crippen LogP contribution < -0.4 is 24.4 Å². The molecule has 2 aromatic carbocycles. The molecule has 1 heterocycles. The second-order valence-electron chi connectivity index (χ2n) is 6.79. The molecular weight excluding hydrogens is 430 g/mol. The number of carbonyl (C=O) groups is 4. The van der Waals surface area contributed by atoms with Gasteiger partial charge in [-0.3, -0.25) is 14.4 Å². The molecule has 5 amide bonds. The number of ether oxygens (including phenoxy) is 3. The standard InChI is InChI=1S/C23H25N3O7/c1-4-31-17-10-8-7-9-16(17)26-22(29)21(28)25(23(26)30)14-20(27)24-15-11-12-18(32-5-2)19(13-15)33-6-3/h7-13H,4-6,14H2,1-3H3,(H,24,27). The van der Waals surface area contributed by atoms with Crippen LogP contribution in [-0.4, -0.2) is 55.0 Å². The van der Waals surface area contributed by atoms with Gasteiger partial charge in [-0.15, -0.1) is 0 Å². The number of carbonyl (C=O) groups excluding carboxylic acids is 4. The van der Waals surface area contributed by atoms with Crippen LogP contribution in [0.1, 0.15) is 20.8 Å². The zero-order valence-corrected chi connectivity index (χ0v) is 18.6. The topological polar surface area (TPSA) is 114 Å². The molecule has 1 aliphatic heterocycles. The van der Waals surface area contributed by atoms with E-state index in [1.807, 2.05) is 13.8 Å². The number of nitrogens with zero attached hydrogens (tertiary/aromatic N) is 2. The van der Waals surface area contributed by atoms with E-state index in [2.05, 4.69) is 5.32 Å². The summed E-state index contributed by atoms with van der Waals surface area (Å²) in [5.74, 6) is -1.56. The average molecular weight is 455 g/mol. The van der Waals surface area contributed by atoms with E-state index in [9.17, 15) is 19.2 Å². The van der Waals surface area contributed by atoms with Crippen LogP contribution in [0.5, 0.6) is 17.2 Å². The first kappa shape index (κ1) is 23.6. The van der Waals surface area contributed by atoms with Gasteiger partial charge in [-0.2, -0.15) is 0 Å². The van der Waals surface area contributed by atoms with Crippen LogP contribution in [0.4, 0.5) is 16.2 Å². The van der Waals surface area contributed by atoms with E-state index in [1.54, 1.807) is 43.3 Å². The fourth-order valence-electron chi connectivity index (χ4n) is 3.25. The number of benzene rings is 2. The maximum Gasteiger partial charge on any atom is 0.339 e. The van der Waals surface area contributed by atoms with Gasteiger partial charge in [0, 0.05) is 11.8 Å². The number of hydrogen-bond donors (Lipinski definition) is 1. The molecule has 0 atom stereocenters. The molecular formula is C23H25N3O7. The molecule has 0 radical (unpaired) electrons. The lowest BCUT2D eigenvalue weighted by Crippen LogP contribution is -2.39. The first-order valence-corrected chi connectivity index (χ1v) is 10.5. The van der Waals surface area contributed by atoms with Crippen molar-refractivity contribution in [2.75, 3.05) is 36.6 Å². The van der Waals surface area contributed by atoms with E-state index in [1.165, 1.54) is 6.07 Å². The molecule has 10 heteroatoms. The molecule has 0 unspecified atom stereocenters. The number of imide groups is 2. The van der Waals surface area contributed by atoms with Crippen LogP contribution in [0.3, 0.4) is 0 Å². The van der Waals surface area contributed by atoms with Gasteiger partial charge in [-0.05, 0) is 45.0 Å². The third-order valence-corrected chi connectivity index (χ3v) is 4.59. The Hall–Kier alpha value is -4.08. The molecule has 0 bridgehead atoms. The quantitative estimate of drug-likeness (QED) is 0.433. The molecule has 3 rings (SSSR count). The SMILES string of the molecule is CCOc1ccc(NC(=O)CN2C(=O)C(=O)N(c3ccccc3OCC)C2=O)cc1OCC. The molecule has 1 N–H and O–H groups in total. The number of rotatable bonds is 10. The van der Waals surface area contributed by atoms with Gasteiger partial charge in [-0.25, -0.2) is 14.6 Å². The Balaban J connectivity index is 1.75. The molecule has 0 aliphatic carbocycles. The third-order valence-electron chi connectivity index (χ3n) is 4.59. The zero-order chi connectivity index (χ0) is 24.0. The molecule has 0 spiro atoms. The summed E-state index contributed by atoms with van der Waals surface area (Å²) in [5.41, 5.74) is 0.523. The largest absolute Gasteiger partial charge is 0.492 e. The van der Waals surface area contributed by atoms with Gasteiger partial charge < -0.3 is 19.5 Å². The first-order valence-electron chi connectivity index (χ1n) is 10.5. The van der Waals surface area contributed by atoms with Crippen molar-refractivity contribution in [3.8, 4) is 17.2 Å². The van der Waals surface area contributed by atoms with Gasteiger partial charge in [0.15, 0.2) is 11.5 Å². The molecule has 2 aromatic rings. The average Bonchev–Trinajstić information content (AvgIpc) is 2.99. The Morgan fingerprint density at radius 1 is 0.818 bits per heavy atom. The summed E-state index contributed by atoms with van der Waals surface area (Å²) in [6.07, 6.45) is 0. The summed E-state index contributed by atoms with van der Waals surface area (Å²) < 4.78 is 16.5. The minimum atomic E-state index is -1.09.